The van der Waals surface area contributed by atoms with Gasteiger partial charge in [-0.15, -0.1) is 0 Å². The first kappa shape index (κ1) is 19.7. The fraction of sp³-hybridized carbons (Fsp3) is 0.650. The lowest BCUT2D eigenvalue weighted by Gasteiger charge is -2.34. The smallest absolute Gasteiger partial charge is 0.234 e. The molecule has 5 nitrogen and oxygen atoms in total. The topological polar surface area (TPSA) is 50.8 Å². The highest BCUT2D eigenvalue weighted by Crippen LogP contribution is 2.24. The Labute approximate surface area is 151 Å². The Morgan fingerprint density at radius 3 is 2.36 bits per heavy atom. The molecule has 2 atom stereocenters. The van der Waals surface area contributed by atoms with Crippen molar-refractivity contribution in [2.75, 3.05) is 32.8 Å². The summed E-state index contributed by atoms with van der Waals surface area (Å²) in [6.45, 7) is 13.6. The summed E-state index contributed by atoms with van der Waals surface area (Å²) in [7, 11) is 0. The minimum absolute atomic E-state index is 0.0352. The Hall–Kier alpha value is -1.59. The van der Waals surface area contributed by atoms with E-state index in [0.717, 1.165) is 18.8 Å². The van der Waals surface area contributed by atoms with Crippen LogP contribution in [0.2, 0.25) is 0 Å². The van der Waals surface area contributed by atoms with Gasteiger partial charge in [-0.1, -0.05) is 32.9 Å². The van der Waals surface area contributed by atoms with Crippen LogP contribution >= 0.6 is 0 Å². The van der Waals surface area contributed by atoms with Crippen LogP contribution in [0, 0.1) is 0 Å². The van der Waals surface area contributed by atoms with Crippen LogP contribution < -0.4 is 10.1 Å². The molecule has 0 unspecified atom stereocenters. The van der Waals surface area contributed by atoms with E-state index in [1.807, 2.05) is 26.0 Å². The van der Waals surface area contributed by atoms with Crippen LogP contribution in [0.1, 0.15) is 40.2 Å². The van der Waals surface area contributed by atoms with Gasteiger partial charge in [-0.25, -0.2) is 0 Å². The summed E-state index contributed by atoms with van der Waals surface area (Å²) in [6, 6.07) is 8.15. The highest BCUT2D eigenvalue weighted by molar-refractivity contribution is 5.78. The van der Waals surface area contributed by atoms with E-state index in [-0.39, 0.29) is 23.5 Å². The molecule has 0 aromatic heterocycles. The molecular formula is C20H32N2O3. The van der Waals surface area contributed by atoms with Gasteiger partial charge in [0.1, 0.15) is 12.4 Å². The first-order chi connectivity index (χ1) is 11.7. The van der Waals surface area contributed by atoms with E-state index < -0.39 is 0 Å². The molecule has 1 aromatic rings. The van der Waals surface area contributed by atoms with Crippen molar-refractivity contribution in [1.29, 1.82) is 0 Å². The van der Waals surface area contributed by atoms with Gasteiger partial charge < -0.3 is 14.8 Å². The number of carbonyl (C=O) groups is 1. The Kier molecular flexibility index (Phi) is 6.85. The predicted molar refractivity (Wildman–Crippen MR) is 100 cm³/mol. The molecule has 5 heteroatoms. The van der Waals surface area contributed by atoms with Crippen molar-refractivity contribution >= 4 is 5.91 Å². The first-order valence-electron chi connectivity index (χ1n) is 9.12. The highest BCUT2D eigenvalue weighted by atomic mass is 16.5. The van der Waals surface area contributed by atoms with Gasteiger partial charge in [0.25, 0.3) is 0 Å². The van der Waals surface area contributed by atoms with E-state index in [1.165, 1.54) is 5.56 Å². The van der Waals surface area contributed by atoms with Crippen molar-refractivity contribution in [2.45, 2.75) is 52.2 Å². The van der Waals surface area contributed by atoms with Gasteiger partial charge >= 0.3 is 0 Å². The fourth-order valence-corrected chi connectivity index (χ4v) is 3.08. The second-order valence-electron chi connectivity index (χ2n) is 7.92. The standard InChI is InChI=1S/C20H32N2O3/c1-15-12-22(13-16(2)25-15)14-19(23)21-10-11-24-18-8-6-17(7-9-18)20(3,4)5/h6-9,15-16H,10-14H2,1-5H3,(H,21,23)/t15-,16+. The second kappa shape index (κ2) is 8.68. The number of nitrogens with one attached hydrogen (secondary N) is 1. The van der Waals surface area contributed by atoms with E-state index in [9.17, 15) is 4.79 Å². The predicted octanol–water partition coefficient (Wildman–Crippen LogP) is 2.59. The van der Waals surface area contributed by atoms with Gasteiger partial charge in [0.2, 0.25) is 5.91 Å². The second-order valence-corrected chi connectivity index (χ2v) is 7.92. The Bertz CT molecular complexity index is 541. The number of nitrogens with zero attached hydrogens (tertiary/aromatic N) is 1. The number of ether oxygens (including phenoxy) is 2. The lowest BCUT2D eigenvalue weighted by molar-refractivity contribution is -0.126. The van der Waals surface area contributed by atoms with Gasteiger partial charge in [0.15, 0.2) is 0 Å². The molecule has 0 radical (unpaired) electrons. The molecule has 1 aromatic carbocycles. The van der Waals surface area contributed by atoms with Gasteiger partial charge in [-0.2, -0.15) is 0 Å². The molecule has 140 valence electrons. The number of carbonyl (C=O) groups excluding carboxylic acids is 1. The van der Waals surface area contributed by atoms with E-state index in [1.54, 1.807) is 0 Å². The third-order valence-electron chi connectivity index (χ3n) is 4.28. The van der Waals surface area contributed by atoms with Gasteiger partial charge in [-0.05, 0) is 37.0 Å². The Morgan fingerprint density at radius 1 is 1.20 bits per heavy atom. The van der Waals surface area contributed by atoms with E-state index in [2.05, 4.69) is 43.1 Å². The van der Waals surface area contributed by atoms with Gasteiger partial charge in [0, 0.05) is 13.1 Å². The highest BCUT2D eigenvalue weighted by Gasteiger charge is 2.23. The molecule has 0 saturated carbocycles. The summed E-state index contributed by atoms with van der Waals surface area (Å²) in [6.07, 6.45) is 0.354. The zero-order chi connectivity index (χ0) is 18.4. The average molecular weight is 348 g/mol. The monoisotopic (exact) mass is 348 g/mol. The molecule has 1 N–H and O–H groups in total. The van der Waals surface area contributed by atoms with Crippen LogP contribution in [0.25, 0.3) is 0 Å². The minimum atomic E-state index is 0.0352. The van der Waals surface area contributed by atoms with Crippen molar-refractivity contribution in [3.63, 3.8) is 0 Å². The molecule has 1 amide bonds. The van der Waals surface area contributed by atoms with Crippen LogP contribution in [0.15, 0.2) is 24.3 Å². The molecule has 0 bridgehead atoms. The molecule has 1 fully saturated rings. The maximum atomic E-state index is 12.0. The van der Waals surface area contributed by atoms with Crippen LogP contribution in [0.5, 0.6) is 5.75 Å². The molecule has 1 aliphatic rings. The van der Waals surface area contributed by atoms with Crippen molar-refractivity contribution in [3.05, 3.63) is 29.8 Å². The number of benzene rings is 1. The van der Waals surface area contributed by atoms with Gasteiger partial charge in [0.05, 0.1) is 25.3 Å². The SMILES string of the molecule is C[C@@H]1CN(CC(=O)NCCOc2ccc(C(C)(C)C)cc2)C[C@H](C)O1. The van der Waals surface area contributed by atoms with Gasteiger partial charge in [-0.3, -0.25) is 9.69 Å². The average Bonchev–Trinajstić information content (AvgIpc) is 2.50. The maximum absolute atomic E-state index is 12.0. The zero-order valence-electron chi connectivity index (χ0n) is 16.2. The molecule has 0 spiro atoms. The number of rotatable bonds is 6. The maximum Gasteiger partial charge on any atom is 0.234 e. The van der Waals surface area contributed by atoms with Crippen molar-refractivity contribution < 1.29 is 14.3 Å². The quantitative estimate of drug-likeness (QED) is 0.803. The lowest BCUT2D eigenvalue weighted by atomic mass is 9.87. The molecule has 2 rings (SSSR count). The van der Waals surface area contributed by atoms with E-state index in [4.69, 9.17) is 9.47 Å². The van der Waals surface area contributed by atoms with Crippen molar-refractivity contribution in [3.8, 4) is 5.75 Å². The van der Waals surface area contributed by atoms with Crippen LogP contribution in [0.4, 0.5) is 0 Å². The van der Waals surface area contributed by atoms with Crippen LogP contribution in [0.3, 0.4) is 0 Å². The number of hydrogen-bond donors (Lipinski definition) is 1. The number of amides is 1. The summed E-state index contributed by atoms with van der Waals surface area (Å²) < 4.78 is 11.4. The lowest BCUT2D eigenvalue weighted by Crippen LogP contribution is -2.49. The normalized spacial score (nSPS) is 21.8. The summed E-state index contributed by atoms with van der Waals surface area (Å²) in [5, 5.41) is 2.92. The molecule has 1 saturated heterocycles. The first-order valence-corrected chi connectivity index (χ1v) is 9.12. The van der Waals surface area contributed by atoms with E-state index in [0.29, 0.717) is 19.7 Å². The van der Waals surface area contributed by atoms with Crippen molar-refractivity contribution in [2.24, 2.45) is 0 Å². The van der Waals surface area contributed by atoms with Crippen LogP contribution in [-0.2, 0) is 14.9 Å². The summed E-state index contributed by atoms with van der Waals surface area (Å²) in [4.78, 5) is 14.2. The molecular weight excluding hydrogens is 316 g/mol. The minimum Gasteiger partial charge on any atom is -0.492 e. The fourth-order valence-electron chi connectivity index (χ4n) is 3.08. The summed E-state index contributed by atoms with van der Waals surface area (Å²) in [5.41, 5.74) is 1.42. The third kappa shape index (κ3) is 6.67. The summed E-state index contributed by atoms with van der Waals surface area (Å²) in [5.74, 6) is 0.867. The third-order valence-corrected chi connectivity index (χ3v) is 4.28. The van der Waals surface area contributed by atoms with E-state index >= 15 is 0 Å². The number of morpholine rings is 1. The Morgan fingerprint density at radius 2 is 1.80 bits per heavy atom. The van der Waals surface area contributed by atoms with Crippen LogP contribution in [-0.4, -0.2) is 55.8 Å². The molecule has 1 aliphatic heterocycles. The molecule has 25 heavy (non-hydrogen) atoms. The molecule has 1 heterocycles. The summed E-state index contributed by atoms with van der Waals surface area (Å²) >= 11 is 0. The Balaban J connectivity index is 1.66. The largest absolute Gasteiger partial charge is 0.492 e. The van der Waals surface area contributed by atoms with Crippen molar-refractivity contribution in [1.82, 2.24) is 10.2 Å². The molecule has 0 aliphatic carbocycles. The zero-order valence-corrected chi connectivity index (χ0v) is 16.2. The number of hydrogen-bond acceptors (Lipinski definition) is 4.